The monoisotopic (exact) mass is 268 g/mol. The minimum Gasteiger partial charge on any atom is -0.496 e. The van der Waals surface area contributed by atoms with Crippen LogP contribution in [0.25, 0.3) is 0 Å². The molecule has 2 aromatic carbocycles. The molecule has 0 atom stereocenters. The number of hydrogen-bond acceptors (Lipinski definition) is 2. The van der Waals surface area contributed by atoms with Crippen LogP contribution >= 0.6 is 0 Å². The molecule has 20 heavy (non-hydrogen) atoms. The molecule has 0 amide bonds. The fraction of sp³-hybridized carbons (Fsp3) is 0.278. The first-order valence-electron chi connectivity index (χ1n) is 6.74. The predicted molar refractivity (Wildman–Crippen MR) is 81.7 cm³/mol. The van der Waals surface area contributed by atoms with Crippen molar-refractivity contribution < 1.29 is 9.53 Å². The van der Waals surface area contributed by atoms with Crippen LogP contribution in [-0.4, -0.2) is 12.9 Å². The van der Waals surface area contributed by atoms with Crippen molar-refractivity contribution in [2.24, 2.45) is 0 Å². The van der Waals surface area contributed by atoms with Gasteiger partial charge >= 0.3 is 0 Å². The molecule has 2 aromatic rings. The summed E-state index contributed by atoms with van der Waals surface area (Å²) in [4.78, 5) is 12.5. The molecular weight excluding hydrogens is 248 g/mol. The third-order valence-electron chi connectivity index (χ3n) is 3.30. The molecule has 0 aliphatic heterocycles. The number of aryl methyl sites for hydroxylation is 3. The van der Waals surface area contributed by atoms with Crippen LogP contribution in [-0.2, 0) is 6.42 Å². The summed E-state index contributed by atoms with van der Waals surface area (Å²) in [5.74, 6) is 0.737. The lowest BCUT2D eigenvalue weighted by Crippen LogP contribution is -2.06. The van der Waals surface area contributed by atoms with Gasteiger partial charge in [0.1, 0.15) is 5.75 Å². The standard InChI is InChI=1S/C18H20O2/c1-12-5-6-18(20-4)16(10-12)17(19)11-15-8-13(2)7-14(3)9-15/h5-10H,11H2,1-4H3. The Balaban J connectivity index is 2.30. The number of benzene rings is 2. The third kappa shape index (κ3) is 3.27. The van der Waals surface area contributed by atoms with E-state index in [0.717, 1.165) is 11.1 Å². The normalized spacial score (nSPS) is 10.4. The van der Waals surface area contributed by atoms with Crippen molar-refractivity contribution in [3.8, 4) is 5.75 Å². The molecular formula is C18H20O2. The highest BCUT2D eigenvalue weighted by molar-refractivity contribution is 6.00. The molecule has 0 saturated heterocycles. The van der Waals surface area contributed by atoms with Crippen LogP contribution in [0.4, 0.5) is 0 Å². The summed E-state index contributed by atoms with van der Waals surface area (Å²) in [7, 11) is 1.60. The van der Waals surface area contributed by atoms with Crippen molar-refractivity contribution in [2.75, 3.05) is 7.11 Å². The van der Waals surface area contributed by atoms with Crippen molar-refractivity contribution in [1.29, 1.82) is 0 Å². The Kier molecular flexibility index (Phi) is 4.23. The highest BCUT2D eigenvalue weighted by Crippen LogP contribution is 2.22. The summed E-state index contributed by atoms with van der Waals surface area (Å²) in [5.41, 5.74) is 5.14. The zero-order chi connectivity index (χ0) is 14.7. The van der Waals surface area contributed by atoms with E-state index >= 15 is 0 Å². The maximum absolute atomic E-state index is 12.5. The number of ether oxygens (including phenoxy) is 1. The van der Waals surface area contributed by atoms with E-state index in [1.54, 1.807) is 7.11 Å². The topological polar surface area (TPSA) is 26.3 Å². The Labute approximate surface area is 120 Å². The second-order valence-electron chi connectivity index (χ2n) is 5.30. The summed E-state index contributed by atoms with van der Waals surface area (Å²) >= 11 is 0. The van der Waals surface area contributed by atoms with Gasteiger partial charge in [-0.1, -0.05) is 41.0 Å². The van der Waals surface area contributed by atoms with E-state index in [1.807, 2.05) is 39.0 Å². The fourth-order valence-electron chi connectivity index (χ4n) is 2.49. The molecule has 0 aromatic heterocycles. The van der Waals surface area contributed by atoms with Crippen LogP contribution in [0.3, 0.4) is 0 Å². The molecule has 0 aliphatic rings. The van der Waals surface area contributed by atoms with E-state index in [9.17, 15) is 4.79 Å². The number of rotatable bonds is 4. The van der Waals surface area contributed by atoms with Gasteiger partial charge < -0.3 is 4.74 Å². The minimum atomic E-state index is 0.0931. The average Bonchev–Trinajstić information content (AvgIpc) is 2.37. The first kappa shape index (κ1) is 14.3. The van der Waals surface area contributed by atoms with Gasteiger partial charge in [0.15, 0.2) is 5.78 Å². The zero-order valence-electron chi connectivity index (χ0n) is 12.5. The van der Waals surface area contributed by atoms with Gasteiger partial charge in [0.2, 0.25) is 0 Å². The van der Waals surface area contributed by atoms with Crippen LogP contribution in [0, 0.1) is 20.8 Å². The number of methoxy groups -OCH3 is 1. The molecule has 0 unspecified atom stereocenters. The van der Waals surface area contributed by atoms with Gasteiger partial charge in [-0.3, -0.25) is 4.79 Å². The Hall–Kier alpha value is -2.09. The average molecular weight is 268 g/mol. The summed E-state index contributed by atoms with van der Waals surface area (Å²) in [6.45, 7) is 6.08. The quantitative estimate of drug-likeness (QED) is 0.782. The van der Waals surface area contributed by atoms with Gasteiger partial charge in [0.25, 0.3) is 0 Å². The maximum Gasteiger partial charge on any atom is 0.170 e. The van der Waals surface area contributed by atoms with E-state index in [2.05, 4.69) is 18.2 Å². The molecule has 0 fully saturated rings. The molecule has 0 bridgehead atoms. The first-order valence-corrected chi connectivity index (χ1v) is 6.74. The van der Waals surface area contributed by atoms with Gasteiger partial charge in [-0.05, 0) is 38.5 Å². The molecule has 0 radical (unpaired) electrons. The molecule has 2 rings (SSSR count). The van der Waals surface area contributed by atoms with Crippen molar-refractivity contribution in [3.05, 3.63) is 64.2 Å². The lowest BCUT2D eigenvalue weighted by Gasteiger charge is -2.09. The highest BCUT2D eigenvalue weighted by Gasteiger charge is 2.13. The highest BCUT2D eigenvalue weighted by atomic mass is 16.5. The molecule has 0 saturated carbocycles. The van der Waals surface area contributed by atoms with Crippen molar-refractivity contribution in [1.82, 2.24) is 0 Å². The molecule has 0 aliphatic carbocycles. The van der Waals surface area contributed by atoms with E-state index in [-0.39, 0.29) is 5.78 Å². The zero-order valence-corrected chi connectivity index (χ0v) is 12.5. The van der Waals surface area contributed by atoms with E-state index < -0.39 is 0 Å². The predicted octanol–water partition coefficient (Wildman–Crippen LogP) is 4.05. The molecule has 2 heteroatoms. The molecule has 0 N–H and O–H groups in total. The minimum absolute atomic E-state index is 0.0931. The molecule has 2 nitrogen and oxygen atoms in total. The van der Waals surface area contributed by atoms with Crippen molar-refractivity contribution >= 4 is 5.78 Å². The number of ketones is 1. The van der Waals surface area contributed by atoms with E-state index in [4.69, 9.17) is 4.74 Å². The van der Waals surface area contributed by atoms with Gasteiger partial charge in [-0.15, -0.1) is 0 Å². The Morgan fingerprint density at radius 2 is 1.60 bits per heavy atom. The maximum atomic E-state index is 12.5. The molecule has 104 valence electrons. The lowest BCUT2D eigenvalue weighted by atomic mass is 9.98. The molecule has 0 spiro atoms. The molecule has 0 heterocycles. The number of Topliss-reactive ketones (excluding diaryl/α,β-unsaturated/α-hetero) is 1. The van der Waals surface area contributed by atoms with Crippen LogP contribution in [0.2, 0.25) is 0 Å². The van der Waals surface area contributed by atoms with Gasteiger partial charge in [-0.2, -0.15) is 0 Å². The van der Waals surface area contributed by atoms with Gasteiger partial charge in [0.05, 0.1) is 12.7 Å². The first-order chi connectivity index (χ1) is 9.49. The van der Waals surface area contributed by atoms with E-state index in [0.29, 0.717) is 17.7 Å². The lowest BCUT2D eigenvalue weighted by molar-refractivity contribution is 0.0990. The van der Waals surface area contributed by atoms with Gasteiger partial charge in [0, 0.05) is 6.42 Å². The second-order valence-corrected chi connectivity index (χ2v) is 5.30. The number of carbonyl (C=O) groups is 1. The van der Waals surface area contributed by atoms with Crippen LogP contribution in [0.1, 0.15) is 32.6 Å². The SMILES string of the molecule is COc1ccc(C)cc1C(=O)Cc1cc(C)cc(C)c1. The number of carbonyl (C=O) groups excluding carboxylic acids is 1. The van der Waals surface area contributed by atoms with Crippen LogP contribution < -0.4 is 4.74 Å². The fourth-order valence-corrected chi connectivity index (χ4v) is 2.49. The second kappa shape index (κ2) is 5.91. The van der Waals surface area contributed by atoms with Crippen molar-refractivity contribution in [3.63, 3.8) is 0 Å². The third-order valence-corrected chi connectivity index (χ3v) is 3.30. The van der Waals surface area contributed by atoms with Crippen LogP contribution in [0.5, 0.6) is 5.75 Å². The van der Waals surface area contributed by atoms with Crippen molar-refractivity contribution in [2.45, 2.75) is 27.2 Å². The van der Waals surface area contributed by atoms with E-state index in [1.165, 1.54) is 11.1 Å². The Bertz CT molecular complexity index is 622. The Morgan fingerprint density at radius 1 is 0.950 bits per heavy atom. The summed E-state index contributed by atoms with van der Waals surface area (Å²) in [6.07, 6.45) is 0.405. The number of hydrogen-bond donors (Lipinski definition) is 0. The largest absolute Gasteiger partial charge is 0.496 e. The summed E-state index contributed by atoms with van der Waals surface area (Å²) in [6, 6.07) is 11.9. The summed E-state index contributed by atoms with van der Waals surface area (Å²) < 4.78 is 5.29. The summed E-state index contributed by atoms with van der Waals surface area (Å²) in [5, 5.41) is 0. The Morgan fingerprint density at radius 3 is 2.20 bits per heavy atom. The smallest absolute Gasteiger partial charge is 0.170 e. The van der Waals surface area contributed by atoms with Gasteiger partial charge in [-0.25, -0.2) is 0 Å². The van der Waals surface area contributed by atoms with Crippen LogP contribution in [0.15, 0.2) is 36.4 Å².